The molecule has 120 valence electrons. The number of amides is 1. The van der Waals surface area contributed by atoms with Gasteiger partial charge in [0.25, 0.3) is 5.91 Å². The van der Waals surface area contributed by atoms with Crippen molar-refractivity contribution in [2.45, 2.75) is 45.4 Å². The molecule has 0 atom stereocenters. The lowest BCUT2D eigenvalue weighted by Gasteiger charge is -2.19. The summed E-state index contributed by atoms with van der Waals surface area (Å²) in [5.74, 6) is -1.39. The van der Waals surface area contributed by atoms with E-state index in [4.69, 9.17) is 5.11 Å². The highest BCUT2D eigenvalue weighted by atomic mass is 16.4. The Balaban J connectivity index is 2.45. The van der Waals surface area contributed by atoms with Gasteiger partial charge in [-0.3, -0.25) is 14.4 Å². The first-order chi connectivity index (χ1) is 10.2. The molecule has 0 aromatic heterocycles. The van der Waals surface area contributed by atoms with Gasteiger partial charge in [-0.1, -0.05) is 32.9 Å². The molecule has 0 spiro atoms. The van der Waals surface area contributed by atoms with Crippen LogP contribution >= 0.6 is 0 Å². The van der Waals surface area contributed by atoms with Crippen molar-refractivity contribution >= 4 is 17.7 Å². The number of carboxylic acids is 1. The number of carboxylic acid groups (broad SMARTS) is 1. The third kappa shape index (κ3) is 6.08. The fraction of sp³-hybridized carbons (Fsp3) is 0.471. The molecule has 22 heavy (non-hydrogen) atoms. The molecule has 0 bridgehead atoms. The fourth-order valence-electron chi connectivity index (χ4n) is 1.93. The van der Waals surface area contributed by atoms with Crippen LogP contribution in [0.15, 0.2) is 24.3 Å². The molecule has 1 amide bonds. The van der Waals surface area contributed by atoms with Gasteiger partial charge in [-0.25, -0.2) is 0 Å². The molecule has 0 saturated carbocycles. The summed E-state index contributed by atoms with van der Waals surface area (Å²) in [6, 6.07) is 7.29. The van der Waals surface area contributed by atoms with Crippen molar-refractivity contribution in [3.05, 3.63) is 35.4 Å². The van der Waals surface area contributed by atoms with E-state index in [0.29, 0.717) is 12.0 Å². The normalized spacial score (nSPS) is 11.0. The van der Waals surface area contributed by atoms with Crippen molar-refractivity contribution in [3.8, 4) is 0 Å². The third-order valence-corrected chi connectivity index (χ3v) is 3.31. The van der Waals surface area contributed by atoms with Crippen LogP contribution in [0.1, 0.15) is 56.0 Å². The van der Waals surface area contributed by atoms with E-state index in [2.05, 4.69) is 26.1 Å². The molecular formula is C17H23NO4. The predicted molar refractivity (Wildman–Crippen MR) is 84.0 cm³/mol. The number of carbonyl (C=O) groups is 3. The lowest BCUT2D eigenvalue weighted by molar-refractivity contribution is -0.137. The molecule has 0 aliphatic rings. The Morgan fingerprint density at radius 3 is 2.14 bits per heavy atom. The molecule has 1 aromatic carbocycles. The zero-order valence-corrected chi connectivity index (χ0v) is 13.3. The van der Waals surface area contributed by atoms with E-state index in [1.165, 1.54) is 0 Å². The number of benzene rings is 1. The highest BCUT2D eigenvalue weighted by molar-refractivity contribution is 5.96. The maximum absolute atomic E-state index is 11.9. The number of hydrogen-bond acceptors (Lipinski definition) is 3. The van der Waals surface area contributed by atoms with E-state index in [0.717, 1.165) is 5.56 Å². The molecule has 0 unspecified atom stereocenters. The molecule has 0 heterocycles. The van der Waals surface area contributed by atoms with Crippen LogP contribution in [0.25, 0.3) is 0 Å². The molecule has 2 N–H and O–H groups in total. The Morgan fingerprint density at radius 1 is 1.05 bits per heavy atom. The van der Waals surface area contributed by atoms with E-state index < -0.39 is 5.97 Å². The highest BCUT2D eigenvalue weighted by Crippen LogP contribution is 2.22. The van der Waals surface area contributed by atoms with E-state index >= 15 is 0 Å². The van der Waals surface area contributed by atoms with Gasteiger partial charge < -0.3 is 10.4 Å². The van der Waals surface area contributed by atoms with Crippen LogP contribution in [0.3, 0.4) is 0 Å². The third-order valence-electron chi connectivity index (χ3n) is 3.31. The van der Waals surface area contributed by atoms with Crippen molar-refractivity contribution in [1.29, 1.82) is 0 Å². The minimum atomic E-state index is -0.921. The zero-order valence-electron chi connectivity index (χ0n) is 13.3. The van der Waals surface area contributed by atoms with Gasteiger partial charge in [0.05, 0.1) is 6.54 Å². The van der Waals surface area contributed by atoms with Gasteiger partial charge >= 0.3 is 5.97 Å². The molecule has 1 rings (SSSR count). The summed E-state index contributed by atoms with van der Waals surface area (Å²) in [7, 11) is 0. The van der Waals surface area contributed by atoms with E-state index in [1.54, 1.807) is 12.1 Å². The Hall–Kier alpha value is -2.17. The highest BCUT2D eigenvalue weighted by Gasteiger charge is 2.14. The van der Waals surface area contributed by atoms with Crippen molar-refractivity contribution in [1.82, 2.24) is 5.32 Å². The number of aliphatic carboxylic acids is 1. The first-order valence-corrected chi connectivity index (χ1v) is 7.32. The molecule has 0 aliphatic carbocycles. The Bertz CT molecular complexity index is 541. The number of carbonyl (C=O) groups excluding carboxylic acids is 2. The standard InChI is InChI=1S/C17H23NO4/c1-17(2,3)13-9-7-12(8-10-13)16(22)18-11-14(19)5-4-6-15(20)21/h7-10H,4-6,11H2,1-3H3,(H,18,22)(H,20,21). The van der Waals surface area contributed by atoms with Gasteiger partial charge in [-0.15, -0.1) is 0 Å². The summed E-state index contributed by atoms with van der Waals surface area (Å²) in [5.41, 5.74) is 1.66. The lowest BCUT2D eigenvalue weighted by atomic mass is 9.87. The zero-order chi connectivity index (χ0) is 16.8. The van der Waals surface area contributed by atoms with E-state index in [9.17, 15) is 14.4 Å². The quantitative estimate of drug-likeness (QED) is 0.811. The lowest BCUT2D eigenvalue weighted by Crippen LogP contribution is -2.29. The SMILES string of the molecule is CC(C)(C)c1ccc(C(=O)NCC(=O)CCCC(=O)O)cc1. The van der Waals surface area contributed by atoms with E-state index in [-0.39, 0.29) is 36.5 Å². The molecule has 0 fully saturated rings. The van der Waals surface area contributed by atoms with Crippen LogP contribution in [-0.4, -0.2) is 29.3 Å². The largest absolute Gasteiger partial charge is 0.481 e. The smallest absolute Gasteiger partial charge is 0.303 e. The summed E-state index contributed by atoms with van der Waals surface area (Å²) in [4.78, 5) is 33.8. The molecule has 0 saturated heterocycles. The predicted octanol–water partition coefficient (Wildman–Crippen LogP) is 2.54. The van der Waals surface area contributed by atoms with Gasteiger partial charge in [0.1, 0.15) is 0 Å². The minimum Gasteiger partial charge on any atom is -0.481 e. The van der Waals surface area contributed by atoms with Crippen molar-refractivity contribution in [2.24, 2.45) is 0 Å². The average molecular weight is 305 g/mol. The molecular weight excluding hydrogens is 282 g/mol. The molecule has 0 aliphatic heterocycles. The van der Waals surface area contributed by atoms with Crippen molar-refractivity contribution < 1.29 is 19.5 Å². The number of Topliss-reactive ketones (excluding diaryl/α,β-unsaturated/α-hetero) is 1. The summed E-state index contributed by atoms with van der Waals surface area (Å²) >= 11 is 0. The van der Waals surface area contributed by atoms with Crippen LogP contribution in [0.2, 0.25) is 0 Å². The number of nitrogens with one attached hydrogen (secondary N) is 1. The summed E-state index contributed by atoms with van der Waals surface area (Å²) in [6.07, 6.45) is 0.424. The van der Waals surface area contributed by atoms with Crippen molar-refractivity contribution in [2.75, 3.05) is 6.54 Å². The van der Waals surface area contributed by atoms with Gasteiger partial charge in [0.2, 0.25) is 0 Å². The van der Waals surface area contributed by atoms with Crippen LogP contribution in [0, 0.1) is 0 Å². The summed E-state index contributed by atoms with van der Waals surface area (Å²) < 4.78 is 0. The molecule has 0 radical (unpaired) electrons. The molecule has 1 aromatic rings. The fourth-order valence-corrected chi connectivity index (χ4v) is 1.93. The van der Waals surface area contributed by atoms with Gasteiger partial charge in [0, 0.05) is 18.4 Å². The topological polar surface area (TPSA) is 83.5 Å². The second kappa shape index (κ2) is 7.73. The van der Waals surface area contributed by atoms with Crippen molar-refractivity contribution in [3.63, 3.8) is 0 Å². The number of rotatable bonds is 7. The minimum absolute atomic E-state index is 0.0229. The van der Waals surface area contributed by atoms with Crippen LogP contribution in [0.4, 0.5) is 0 Å². The maximum Gasteiger partial charge on any atom is 0.303 e. The Kier molecular flexibility index (Phi) is 6.28. The molecule has 5 nitrogen and oxygen atoms in total. The maximum atomic E-state index is 11.9. The van der Waals surface area contributed by atoms with Gasteiger partial charge in [-0.2, -0.15) is 0 Å². The molecule has 5 heteroatoms. The Labute approximate surface area is 130 Å². The van der Waals surface area contributed by atoms with Crippen LogP contribution in [0.5, 0.6) is 0 Å². The number of ketones is 1. The first-order valence-electron chi connectivity index (χ1n) is 7.32. The van der Waals surface area contributed by atoms with Crippen LogP contribution in [-0.2, 0) is 15.0 Å². The number of hydrogen-bond donors (Lipinski definition) is 2. The second-order valence-electron chi connectivity index (χ2n) is 6.30. The van der Waals surface area contributed by atoms with E-state index in [1.807, 2.05) is 12.1 Å². The second-order valence-corrected chi connectivity index (χ2v) is 6.30. The monoisotopic (exact) mass is 305 g/mol. The summed E-state index contributed by atoms with van der Waals surface area (Å²) in [5, 5.41) is 11.1. The van der Waals surface area contributed by atoms with Crippen LogP contribution < -0.4 is 5.32 Å². The van der Waals surface area contributed by atoms with Gasteiger partial charge in [0.15, 0.2) is 5.78 Å². The summed E-state index contributed by atoms with van der Waals surface area (Å²) in [6.45, 7) is 6.22. The average Bonchev–Trinajstić information content (AvgIpc) is 2.43. The van der Waals surface area contributed by atoms with Gasteiger partial charge in [-0.05, 0) is 29.5 Å². The first kappa shape index (κ1) is 17.9. The Morgan fingerprint density at radius 2 is 1.64 bits per heavy atom.